The molecule has 7 nitrogen and oxygen atoms in total. The molecule has 0 aromatic heterocycles. The summed E-state index contributed by atoms with van der Waals surface area (Å²) in [6.45, 7) is 0.848. The van der Waals surface area contributed by atoms with Gasteiger partial charge in [0.2, 0.25) is 0 Å². The lowest BCUT2D eigenvalue weighted by Gasteiger charge is -2.22. The van der Waals surface area contributed by atoms with E-state index in [0.717, 1.165) is 11.3 Å². The SMILES string of the molecule is O=[N+]([O-])c1ccc(NN=Cc2ccccc2OCCOc2ccc(C3CCCCC3)cc2)cc1. The molecule has 0 saturated heterocycles. The summed E-state index contributed by atoms with van der Waals surface area (Å²) in [6.07, 6.45) is 8.27. The highest BCUT2D eigenvalue weighted by atomic mass is 16.6. The third kappa shape index (κ3) is 6.57. The molecular weight excluding hydrogens is 430 g/mol. The van der Waals surface area contributed by atoms with Gasteiger partial charge in [-0.2, -0.15) is 5.10 Å². The molecule has 0 spiro atoms. The van der Waals surface area contributed by atoms with E-state index in [4.69, 9.17) is 9.47 Å². The van der Waals surface area contributed by atoms with E-state index in [1.807, 2.05) is 24.3 Å². The molecule has 34 heavy (non-hydrogen) atoms. The van der Waals surface area contributed by atoms with Crippen LogP contribution in [0.2, 0.25) is 0 Å². The van der Waals surface area contributed by atoms with Crippen molar-refractivity contribution in [3.05, 3.63) is 94.0 Å². The predicted octanol–water partition coefficient (Wildman–Crippen LogP) is 6.55. The Bertz CT molecular complexity index is 1090. The zero-order valence-electron chi connectivity index (χ0n) is 19.1. The summed E-state index contributed by atoms with van der Waals surface area (Å²) in [6, 6.07) is 22.2. The number of nitrogens with one attached hydrogen (secondary N) is 1. The molecule has 0 atom stereocenters. The first kappa shape index (κ1) is 23.3. The number of para-hydroxylation sites is 1. The van der Waals surface area contributed by atoms with Gasteiger partial charge in [0.25, 0.3) is 5.69 Å². The maximum Gasteiger partial charge on any atom is 0.269 e. The Morgan fingerprint density at radius 2 is 1.62 bits per heavy atom. The average Bonchev–Trinajstić information content (AvgIpc) is 2.88. The van der Waals surface area contributed by atoms with Crippen LogP contribution in [0.15, 0.2) is 77.9 Å². The summed E-state index contributed by atoms with van der Waals surface area (Å²) in [7, 11) is 0. The zero-order valence-corrected chi connectivity index (χ0v) is 19.1. The summed E-state index contributed by atoms with van der Waals surface area (Å²) >= 11 is 0. The van der Waals surface area contributed by atoms with Crippen molar-refractivity contribution in [2.45, 2.75) is 38.0 Å². The monoisotopic (exact) mass is 459 g/mol. The van der Waals surface area contributed by atoms with Gasteiger partial charge < -0.3 is 9.47 Å². The maximum atomic E-state index is 10.7. The van der Waals surface area contributed by atoms with E-state index in [9.17, 15) is 10.1 Å². The van der Waals surface area contributed by atoms with E-state index in [1.54, 1.807) is 18.3 Å². The minimum Gasteiger partial charge on any atom is -0.490 e. The van der Waals surface area contributed by atoms with Crippen LogP contribution >= 0.6 is 0 Å². The third-order valence-electron chi connectivity index (χ3n) is 5.96. The maximum absolute atomic E-state index is 10.7. The summed E-state index contributed by atoms with van der Waals surface area (Å²) in [4.78, 5) is 10.3. The van der Waals surface area contributed by atoms with Crippen LogP contribution in [0.3, 0.4) is 0 Å². The van der Waals surface area contributed by atoms with Crippen molar-refractivity contribution in [2.24, 2.45) is 5.10 Å². The molecule has 3 aromatic carbocycles. The van der Waals surface area contributed by atoms with Gasteiger partial charge in [0.1, 0.15) is 24.7 Å². The molecule has 3 aromatic rings. The molecule has 1 aliphatic carbocycles. The molecule has 0 unspecified atom stereocenters. The van der Waals surface area contributed by atoms with Crippen LogP contribution in [0.25, 0.3) is 0 Å². The lowest BCUT2D eigenvalue weighted by atomic mass is 9.84. The number of hydrogen-bond donors (Lipinski definition) is 1. The lowest BCUT2D eigenvalue weighted by Crippen LogP contribution is -2.10. The normalized spacial score (nSPS) is 14.1. The molecule has 0 heterocycles. The number of hydrogen-bond acceptors (Lipinski definition) is 6. The molecule has 0 bridgehead atoms. The number of benzene rings is 3. The van der Waals surface area contributed by atoms with Crippen molar-refractivity contribution in [1.82, 2.24) is 0 Å². The number of nitrogens with zero attached hydrogens (tertiary/aromatic N) is 2. The quantitative estimate of drug-likeness (QED) is 0.161. The van der Waals surface area contributed by atoms with E-state index in [1.165, 1.54) is 49.8 Å². The van der Waals surface area contributed by atoms with Crippen molar-refractivity contribution >= 4 is 17.6 Å². The van der Waals surface area contributed by atoms with Gasteiger partial charge in [-0.1, -0.05) is 43.5 Å². The fraction of sp³-hybridized carbons (Fsp3) is 0.296. The van der Waals surface area contributed by atoms with Gasteiger partial charge in [0, 0.05) is 17.7 Å². The first-order valence-electron chi connectivity index (χ1n) is 11.7. The smallest absolute Gasteiger partial charge is 0.269 e. The van der Waals surface area contributed by atoms with Gasteiger partial charge in [0.05, 0.1) is 16.8 Å². The van der Waals surface area contributed by atoms with E-state index >= 15 is 0 Å². The second kappa shape index (κ2) is 11.8. The van der Waals surface area contributed by atoms with Crippen LogP contribution in [0.4, 0.5) is 11.4 Å². The van der Waals surface area contributed by atoms with E-state index in [0.29, 0.717) is 30.6 Å². The number of anilines is 1. The van der Waals surface area contributed by atoms with Gasteiger partial charge >= 0.3 is 0 Å². The van der Waals surface area contributed by atoms with Gasteiger partial charge in [-0.05, 0) is 60.7 Å². The van der Waals surface area contributed by atoms with Gasteiger partial charge in [-0.25, -0.2) is 0 Å². The molecule has 176 valence electrons. The number of nitro groups is 1. The average molecular weight is 460 g/mol. The summed E-state index contributed by atoms with van der Waals surface area (Å²) in [5.74, 6) is 2.25. The first-order chi connectivity index (χ1) is 16.7. The highest BCUT2D eigenvalue weighted by Gasteiger charge is 2.15. The van der Waals surface area contributed by atoms with Crippen molar-refractivity contribution in [2.75, 3.05) is 18.6 Å². The number of nitro benzene ring substituents is 1. The molecule has 0 aliphatic heterocycles. The number of ether oxygens (including phenoxy) is 2. The van der Waals surface area contributed by atoms with Crippen LogP contribution in [0, 0.1) is 10.1 Å². The van der Waals surface area contributed by atoms with Gasteiger partial charge in [-0.3, -0.25) is 15.5 Å². The second-order valence-electron chi connectivity index (χ2n) is 8.31. The fourth-order valence-electron chi connectivity index (χ4n) is 4.14. The van der Waals surface area contributed by atoms with Crippen molar-refractivity contribution in [3.8, 4) is 11.5 Å². The van der Waals surface area contributed by atoms with Gasteiger partial charge in [0.15, 0.2) is 0 Å². The highest BCUT2D eigenvalue weighted by molar-refractivity contribution is 5.84. The zero-order chi connectivity index (χ0) is 23.6. The van der Waals surface area contributed by atoms with Crippen LogP contribution < -0.4 is 14.9 Å². The standard InChI is InChI=1S/C27H29N3O4/c31-30(32)25-14-12-24(13-15-25)29-28-20-23-8-4-5-9-27(23)34-19-18-33-26-16-10-22(11-17-26)21-6-2-1-3-7-21/h4-5,8-17,20-21,29H,1-3,6-7,18-19H2. The van der Waals surface area contributed by atoms with Crippen LogP contribution in [0.5, 0.6) is 11.5 Å². The minimum atomic E-state index is -0.434. The molecule has 1 aliphatic rings. The number of non-ortho nitro benzene ring substituents is 1. The Labute approximate surface area is 199 Å². The predicted molar refractivity (Wildman–Crippen MR) is 134 cm³/mol. The summed E-state index contributed by atoms with van der Waals surface area (Å²) < 4.78 is 11.8. The van der Waals surface area contributed by atoms with E-state index in [2.05, 4.69) is 34.8 Å². The minimum absolute atomic E-state index is 0.0376. The van der Waals surface area contributed by atoms with Crippen molar-refractivity contribution < 1.29 is 14.4 Å². The van der Waals surface area contributed by atoms with Crippen molar-refractivity contribution in [1.29, 1.82) is 0 Å². The highest BCUT2D eigenvalue weighted by Crippen LogP contribution is 2.33. The molecule has 1 fully saturated rings. The molecule has 1 saturated carbocycles. The Morgan fingerprint density at radius 3 is 2.35 bits per heavy atom. The Kier molecular flexibility index (Phi) is 8.11. The molecule has 1 N–H and O–H groups in total. The van der Waals surface area contributed by atoms with E-state index in [-0.39, 0.29) is 5.69 Å². The molecule has 4 rings (SSSR count). The molecular formula is C27H29N3O4. The second-order valence-corrected chi connectivity index (χ2v) is 8.31. The van der Waals surface area contributed by atoms with Crippen LogP contribution in [0.1, 0.15) is 49.1 Å². The number of hydrazone groups is 1. The Morgan fingerprint density at radius 1 is 0.912 bits per heavy atom. The Balaban J connectivity index is 1.24. The lowest BCUT2D eigenvalue weighted by molar-refractivity contribution is -0.384. The van der Waals surface area contributed by atoms with E-state index < -0.39 is 4.92 Å². The number of rotatable bonds is 10. The van der Waals surface area contributed by atoms with Gasteiger partial charge in [-0.15, -0.1) is 0 Å². The van der Waals surface area contributed by atoms with Crippen LogP contribution in [-0.2, 0) is 0 Å². The van der Waals surface area contributed by atoms with Crippen LogP contribution in [-0.4, -0.2) is 24.4 Å². The van der Waals surface area contributed by atoms with Crippen molar-refractivity contribution in [3.63, 3.8) is 0 Å². The Hall–Kier alpha value is -3.87. The molecule has 7 heteroatoms. The fourth-order valence-corrected chi connectivity index (χ4v) is 4.14. The molecule has 0 radical (unpaired) electrons. The molecule has 0 amide bonds. The third-order valence-corrected chi connectivity index (χ3v) is 5.96. The topological polar surface area (TPSA) is 86.0 Å². The summed E-state index contributed by atoms with van der Waals surface area (Å²) in [5, 5.41) is 15.0. The first-order valence-corrected chi connectivity index (χ1v) is 11.7. The summed E-state index contributed by atoms with van der Waals surface area (Å²) in [5.41, 5.74) is 5.79. The largest absolute Gasteiger partial charge is 0.490 e.